The third kappa shape index (κ3) is 5.00. The normalized spacial score (nSPS) is 10.9. The van der Waals surface area contributed by atoms with Gasteiger partial charge in [-0.25, -0.2) is 9.97 Å². The lowest BCUT2D eigenvalue weighted by Crippen LogP contribution is -2.06. The lowest BCUT2D eigenvalue weighted by molar-refractivity contribution is 0.753. The smallest absolute Gasteiger partial charge is 0.134 e. The van der Waals surface area contributed by atoms with Crippen LogP contribution in [0.3, 0.4) is 0 Å². The fraction of sp³-hybridized carbons (Fsp3) is 0.375. The van der Waals surface area contributed by atoms with Crippen molar-refractivity contribution in [3.63, 3.8) is 0 Å². The van der Waals surface area contributed by atoms with Gasteiger partial charge in [0.05, 0.1) is 0 Å². The molecular formula is C16H20BrN3S. The van der Waals surface area contributed by atoms with E-state index in [9.17, 15) is 0 Å². The van der Waals surface area contributed by atoms with Crippen molar-refractivity contribution >= 4 is 33.5 Å². The van der Waals surface area contributed by atoms with E-state index < -0.39 is 0 Å². The van der Waals surface area contributed by atoms with E-state index in [4.69, 9.17) is 0 Å². The highest BCUT2D eigenvalue weighted by Crippen LogP contribution is 2.30. The minimum absolute atomic E-state index is 0.315. The molecule has 0 radical (unpaired) electrons. The van der Waals surface area contributed by atoms with E-state index >= 15 is 0 Å². The van der Waals surface area contributed by atoms with Crippen LogP contribution in [0.25, 0.3) is 0 Å². The summed E-state index contributed by atoms with van der Waals surface area (Å²) < 4.78 is 1.08. The molecule has 0 aliphatic heterocycles. The first-order valence-corrected chi connectivity index (χ1v) is 8.75. The Balaban J connectivity index is 2.26. The summed E-state index contributed by atoms with van der Waals surface area (Å²) in [5.41, 5.74) is 0. The third-order valence-corrected chi connectivity index (χ3v) is 4.21. The van der Waals surface area contributed by atoms with Gasteiger partial charge in [0.2, 0.25) is 0 Å². The molecule has 0 bridgehead atoms. The Morgan fingerprint density at radius 3 is 2.71 bits per heavy atom. The van der Waals surface area contributed by atoms with Crippen LogP contribution in [0, 0.1) is 0 Å². The Kier molecular flexibility index (Phi) is 6.06. The molecule has 1 heterocycles. The highest BCUT2D eigenvalue weighted by atomic mass is 79.9. The zero-order valence-corrected chi connectivity index (χ0v) is 15.0. The summed E-state index contributed by atoms with van der Waals surface area (Å²) in [4.78, 5) is 10.4. The van der Waals surface area contributed by atoms with Crippen molar-refractivity contribution in [3.8, 4) is 0 Å². The number of hydrogen-bond donors (Lipinski definition) is 1. The zero-order valence-electron chi connectivity index (χ0n) is 12.6. The number of halogens is 1. The van der Waals surface area contributed by atoms with Crippen molar-refractivity contribution in [1.82, 2.24) is 9.97 Å². The van der Waals surface area contributed by atoms with Gasteiger partial charge in [0.25, 0.3) is 0 Å². The molecule has 0 aliphatic carbocycles. The molecule has 0 saturated carbocycles. The number of benzene rings is 1. The van der Waals surface area contributed by atoms with Gasteiger partial charge in [-0.15, -0.1) is 0 Å². The standard InChI is InChI=1S/C16H20BrN3S/c1-4-8-18-14-10-15(20-16(19-14)11(2)3)21-13-7-5-6-12(17)9-13/h5-7,9-11H,4,8H2,1-3H3,(H,18,19,20). The second-order valence-electron chi connectivity index (χ2n) is 5.09. The average Bonchev–Trinajstić information content (AvgIpc) is 2.45. The Bertz CT molecular complexity index is 602. The molecule has 0 atom stereocenters. The maximum Gasteiger partial charge on any atom is 0.134 e. The average molecular weight is 366 g/mol. The second-order valence-corrected chi connectivity index (χ2v) is 7.10. The highest BCUT2D eigenvalue weighted by Gasteiger charge is 2.09. The van der Waals surface area contributed by atoms with Gasteiger partial charge in [-0.2, -0.15) is 0 Å². The first kappa shape index (κ1) is 16.3. The molecule has 1 N–H and O–H groups in total. The fourth-order valence-electron chi connectivity index (χ4n) is 1.75. The van der Waals surface area contributed by atoms with Crippen molar-refractivity contribution in [1.29, 1.82) is 0 Å². The monoisotopic (exact) mass is 365 g/mol. The Labute approximate surface area is 139 Å². The van der Waals surface area contributed by atoms with E-state index in [1.807, 2.05) is 18.2 Å². The quantitative estimate of drug-likeness (QED) is 0.701. The Morgan fingerprint density at radius 1 is 1.24 bits per heavy atom. The molecular weight excluding hydrogens is 346 g/mol. The summed E-state index contributed by atoms with van der Waals surface area (Å²) in [6, 6.07) is 10.3. The number of nitrogens with zero attached hydrogens (tertiary/aromatic N) is 2. The lowest BCUT2D eigenvalue weighted by Gasteiger charge is -2.11. The number of rotatable bonds is 6. The molecule has 112 valence electrons. The number of nitrogens with one attached hydrogen (secondary N) is 1. The van der Waals surface area contributed by atoms with Crippen LogP contribution in [0.15, 0.2) is 44.7 Å². The van der Waals surface area contributed by atoms with Gasteiger partial charge in [-0.1, -0.05) is 54.5 Å². The van der Waals surface area contributed by atoms with Crippen LogP contribution in [0.4, 0.5) is 5.82 Å². The van der Waals surface area contributed by atoms with Crippen LogP contribution in [0.5, 0.6) is 0 Å². The zero-order chi connectivity index (χ0) is 15.2. The molecule has 0 fully saturated rings. The second kappa shape index (κ2) is 7.80. The van der Waals surface area contributed by atoms with Crippen LogP contribution >= 0.6 is 27.7 Å². The molecule has 2 rings (SSSR count). The van der Waals surface area contributed by atoms with Gasteiger partial charge in [-0.3, -0.25) is 0 Å². The van der Waals surface area contributed by atoms with E-state index in [-0.39, 0.29) is 0 Å². The summed E-state index contributed by atoms with van der Waals surface area (Å²) in [6.07, 6.45) is 1.08. The van der Waals surface area contributed by atoms with Gasteiger partial charge < -0.3 is 5.32 Å². The van der Waals surface area contributed by atoms with Gasteiger partial charge in [0, 0.05) is 27.9 Å². The largest absolute Gasteiger partial charge is 0.370 e. The molecule has 21 heavy (non-hydrogen) atoms. The van der Waals surface area contributed by atoms with E-state index in [1.165, 1.54) is 4.90 Å². The maximum absolute atomic E-state index is 4.66. The number of hydrogen-bond acceptors (Lipinski definition) is 4. The van der Waals surface area contributed by atoms with Gasteiger partial charge in [0.15, 0.2) is 0 Å². The van der Waals surface area contributed by atoms with Crippen molar-refractivity contribution in [2.45, 2.75) is 43.0 Å². The maximum atomic E-state index is 4.66. The molecule has 0 amide bonds. The van der Waals surface area contributed by atoms with Gasteiger partial charge >= 0.3 is 0 Å². The molecule has 3 nitrogen and oxygen atoms in total. The van der Waals surface area contributed by atoms with Gasteiger partial charge in [-0.05, 0) is 24.6 Å². The van der Waals surface area contributed by atoms with Gasteiger partial charge in [0.1, 0.15) is 16.7 Å². The highest BCUT2D eigenvalue weighted by molar-refractivity contribution is 9.10. The molecule has 0 unspecified atom stereocenters. The summed E-state index contributed by atoms with van der Waals surface area (Å²) in [5.74, 6) is 2.11. The fourth-order valence-corrected chi connectivity index (χ4v) is 3.18. The summed E-state index contributed by atoms with van der Waals surface area (Å²) in [5, 5.41) is 4.33. The lowest BCUT2D eigenvalue weighted by atomic mass is 10.2. The van der Waals surface area contributed by atoms with E-state index in [0.717, 1.165) is 34.1 Å². The number of aromatic nitrogens is 2. The van der Waals surface area contributed by atoms with Crippen LogP contribution in [0.2, 0.25) is 0 Å². The predicted molar refractivity (Wildman–Crippen MR) is 93.2 cm³/mol. The minimum atomic E-state index is 0.315. The molecule has 0 saturated heterocycles. The molecule has 2 aromatic rings. The predicted octanol–water partition coefficient (Wildman–Crippen LogP) is 5.34. The third-order valence-electron chi connectivity index (χ3n) is 2.81. The van der Waals surface area contributed by atoms with Crippen LogP contribution in [-0.4, -0.2) is 16.5 Å². The SMILES string of the molecule is CCCNc1cc(Sc2cccc(Br)c2)nc(C(C)C)n1. The van der Waals surface area contributed by atoms with Crippen molar-refractivity contribution < 1.29 is 0 Å². The van der Waals surface area contributed by atoms with Crippen LogP contribution in [0.1, 0.15) is 38.9 Å². The van der Waals surface area contributed by atoms with E-state index in [0.29, 0.717) is 5.92 Å². The van der Waals surface area contributed by atoms with Crippen molar-refractivity contribution in [2.75, 3.05) is 11.9 Å². The summed E-state index contributed by atoms with van der Waals surface area (Å²) >= 11 is 5.16. The molecule has 0 aliphatic rings. The Morgan fingerprint density at radius 2 is 2.05 bits per heavy atom. The first-order chi connectivity index (χ1) is 10.1. The van der Waals surface area contributed by atoms with E-state index in [1.54, 1.807) is 11.8 Å². The summed E-state index contributed by atoms with van der Waals surface area (Å²) in [6.45, 7) is 7.31. The van der Waals surface area contributed by atoms with E-state index in [2.05, 4.69) is 64.1 Å². The van der Waals surface area contributed by atoms with Crippen molar-refractivity contribution in [3.05, 3.63) is 40.6 Å². The van der Waals surface area contributed by atoms with Crippen molar-refractivity contribution in [2.24, 2.45) is 0 Å². The molecule has 5 heteroatoms. The summed E-state index contributed by atoms with van der Waals surface area (Å²) in [7, 11) is 0. The Hall–Kier alpha value is -1.07. The molecule has 1 aromatic heterocycles. The molecule has 1 aromatic carbocycles. The number of anilines is 1. The van der Waals surface area contributed by atoms with Crippen LogP contribution < -0.4 is 5.32 Å². The van der Waals surface area contributed by atoms with Crippen LogP contribution in [-0.2, 0) is 0 Å². The topological polar surface area (TPSA) is 37.8 Å². The first-order valence-electron chi connectivity index (χ1n) is 7.14. The minimum Gasteiger partial charge on any atom is -0.370 e. The molecule has 0 spiro atoms.